The molecule has 1 amide bonds. The molecule has 2 aromatic carbocycles. The highest BCUT2D eigenvalue weighted by atomic mass is 35.5. The first-order valence-electron chi connectivity index (χ1n) is 10.2. The number of benzene rings is 2. The van der Waals surface area contributed by atoms with E-state index in [-0.39, 0.29) is 44.2 Å². The van der Waals surface area contributed by atoms with E-state index in [2.05, 4.69) is 4.72 Å². The highest BCUT2D eigenvalue weighted by Crippen LogP contribution is 2.32. The third-order valence-corrected chi connectivity index (χ3v) is 7.95. The van der Waals surface area contributed by atoms with Gasteiger partial charge in [0.2, 0.25) is 10.0 Å². The van der Waals surface area contributed by atoms with Crippen molar-refractivity contribution in [2.24, 2.45) is 5.92 Å². The van der Waals surface area contributed by atoms with Crippen LogP contribution in [-0.2, 0) is 10.0 Å². The molecule has 2 fully saturated rings. The summed E-state index contributed by atoms with van der Waals surface area (Å²) in [6.07, 6.45) is 2.65. The summed E-state index contributed by atoms with van der Waals surface area (Å²) in [4.78, 5) is 27.2. The Morgan fingerprint density at radius 3 is 2.19 bits per heavy atom. The van der Waals surface area contributed by atoms with Crippen molar-refractivity contribution in [2.45, 2.75) is 36.6 Å². The molecule has 4 rings (SSSR count). The second kappa shape index (κ2) is 8.90. The number of ketones is 1. The van der Waals surface area contributed by atoms with Gasteiger partial charge in [-0.15, -0.1) is 0 Å². The van der Waals surface area contributed by atoms with Crippen LogP contribution in [0.25, 0.3) is 0 Å². The van der Waals surface area contributed by atoms with Gasteiger partial charge in [0.15, 0.2) is 5.78 Å². The van der Waals surface area contributed by atoms with Gasteiger partial charge in [-0.05, 0) is 37.8 Å². The largest absolute Gasteiger partial charge is 0.339 e. The van der Waals surface area contributed by atoms with E-state index in [1.807, 2.05) is 18.2 Å². The van der Waals surface area contributed by atoms with Gasteiger partial charge in [0.1, 0.15) is 4.90 Å². The molecule has 0 unspecified atom stereocenters. The predicted molar refractivity (Wildman–Crippen MR) is 119 cm³/mol. The van der Waals surface area contributed by atoms with E-state index in [4.69, 9.17) is 23.2 Å². The second-order valence-corrected chi connectivity index (χ2v) is 10.5. The molecule has 1 saturated carbocycles. The lowest BCUT2D eigenvalue weighted by atomic mass is 9.88. The fourth-order valence-corrected chi connectivity index (χ4v) is 5.90. The van der Waals surface area contributed by atoms with Crippen molar-refractivity contribution >= 4 is 44.9 Å². The van der Waals surface area contributed by atoms with Crippen LogP contribution in [0.15, 0.2) is 47.4 Å². The van der Waals surface area contributed by atoms with Crippen LogP contribution in [-0.4, -0.2) is 44.1 Å². The summed E-state index contributed by atoms with van der Waals surface area (Å²) in [6.45, 7) is 0.785. The van der Waals surface area contributed by atoms with Crippen molar-refractivity contribution in [2.75, 3.05) is 13.1 Å². The molecule has 0 spiro atoms. The Balaban J connectivity index is 1.49. The second-order valence-electron chi connectivity index (χ2n) is 7.95. The lowest BCUT2D eigenvalue weighted by molar-refractivity contribution is 0.0650. The zero-order valence-electron chi connectivity index (χ0n) is 16.7. The first-order chi connectivity index (χ1) is 14.8. The van der Waals surface area contributed by atoms with E-state index < -0.39 is 10.0 Å². The van der Waals surface area contributed by atoms with Gasteiger partial charge in [-0.2, -0.15) is 0 Å². The highest BCUT2D eigenvalue weighted by Gasteiger charge is 2.32. The van der Waals surface area contributed by atoms with E-state index in [0.29, 0.717) is 31.5 Å². The summed E-state index contributed by atoms with van der Waals surface area (Å²) in [5.74, 6) is -0.433. The predicted octanol–water partition coefficient (Wildman–Crippen LogP) is 4.17. The van der Waals surface area contributed by atoms with Gasteiger partial charge in [0.05, 0.1) is 15.6 Å². The van der Waals surface area contributed by atoms with Crippen LogP contribution in [0.1, 0.15) is 46.4 Å². The number of hydrogen-bond donors (Lipinski definition) is 1. The number of carbonyl (C=O) groups excluding carboxylic acids is 2. The third-order valence-electron chi connectivity index (χ3n) is 5.65. The number of Topliss-reactive ketones (excluding diaryl/α,β-unsaturated/α-hetero) is 1. The van der Waals surface area contributed by atoms with Crippen LogP contribution in [0, 0.1) is 5.92 Å². The van der Waals surface area contributed by atoms with Crippen LogP contribution in [0.4, 0.5) is 0 Å². The summed E-state index contributed by atoms with van der Waals surface area (Å²) in [5, 5.41) is 0.0738. The Hall–Kier alpha value is -1.93. The normalized spacial score (nSPS) is 17.5. The molecule has 1 N–H and O–H groups in total. The Labute approximate surface area is 191 Å². The zero-order valence-corrected chi connectivity index (χ0v) is 19.0. The Morgan fingerprint density at radius 1 is 0.935 bits per heavy atom. The Morgan fingerprint density at radius 2 is 1.58 bits per heavy atom. The number of rotatable bonds is 6. The minimum atomic E-state index is -3.84. The van der Waals surface area contributed by atoms with Crippen molar-refractivity contribution in [3.63, 3.8) is 0 Å². The summed E-state index contributed by atoms with van der Waals surface area (Å²) in [6, 6.07) is 11.6. The van der Waals surface area contributed by atoms with E-state index in [9.17, 15) is 18.0 Å². The van der Waals surface area contributed by atoms with Gasteiger partial charge in [-0.3, -0.25) is 9.59 Å². The molecule has 31 heavy (non-hydrogen) atoms. The maximum atomic E-state index is 13.1. The third kappa shape index (κ3) is 4.95. The first kappa shape index (κ1) is 22.3. The molecular formula is C22H22Cl2N2O4S. The summed E-state index contributed by atoms with van der Waals surface area (Å²) in [5.41, 5.74) is 0.765. The molecule has 9 heteroatoms. The van der Waals surface area contributed by atoms with Crippen LogP contribution >= 0.6 is 23.2 Å². The molecule has 6 nitrogen and oxygen atoms in total. The van der Waals surface area contributed by atoms with Gasteiger partial charge >= 0.3 is 0 Å². The topological polar surface area (TPSA) is 83.6 Å². The van der Waals surface area contributed by atoms with E-state index in [0.717, 1.165) is 12.8 Å². The van der Waals surface area contributed by atoms with E-state index >= 15 is 0 Å². The molecule has 0 bridgehead atoms. The number of amides is 1. The van der Waals surface area contributed by atoms with Crippen LogP contribution in [0.5, 0.6) is 0 Å². The van der Waals surface area contributed by atoms with Crippen molar-refractivity contribution in [1.82, 2.24) is 9.62 Å². The number of halogens is 2. The Bertz CT molecular complexity index is 1110. The van der Waals surface area contributed by atoms with Gasteiger partial charge in [-0.1, -0.05) is 53.5 Å². The van der Waals surface area contributed by atoms with Gasteiger partial charge < -0.3 is 4.90 Å². The van der Waals surface area contributed by atoms with Gasteiger partial charge in [0, 0.05) is 30.6 Å². The average molecular weight is 481 g/mol. The van der Waals surface area contributed by atoms with Gasteiger partial charge in [-0.25, -0.2) is 13.1 Å². The smallest absolute Gasteiger partial charge is 0.255 e. The number of piperidine rings is 1. The lowest BCUT2D eigenvalue weighted by Gasteiger charge is -2.31. The molecular weight excluding hydrogens is 459 g/mol. The summed E-state index contributed by atoms with van der Waals surface area (Å²) in [7, 11) is -3.84. The highest BCUT2D eigenvalue weighted by molar-refractivity contribution is 7.89. The quantitative estimate of drug-likeness (QED) is 0.628. The van der Waals surface area contributed by atoms with Crippen LogP contribution in [0.3, 0.4) is 0 Å². The average Bonchev–Trinajstić information content (AvgIpc) is 3.56. The lowest BCUT2D eigenvalue weighted by Crippen LogP contribution is -2.40. The fourth-order valence-electron chi connectivity index (χ4n) is 3.74. The molecule has 1 saturated heterocycles. The molecule has 0 radical (unpaired) electrons. The van der Waals surface area contributed by atoms with Gasteiger partial charge in [0.25, 0.3) is 5.91 Å². The molecule has 2 aliphatic rings. The van der Waals surface area contributed by atoms with Crippen molar-refractivity contribution in [3.8, 4) is 0 Å². The van der Waals surface area contributed by atoms with Crippen molar-refractivity contribution in [1.29, 1.82) is 0 Å². The van der Waals surface area contributed by atoms with Crippen LogP contribution in [0.2, 0.25) is 10.0 Å². The van der Waals surface area contributed by atoms with Crippen molar-refractivity contribution < 1.29 is 18.0 Å². The minimum absolute atomic E-state index is 0.0261. The zero-order chi connectivity index (χ0) is 22.2. The number of hydrogen-bond acceptors (Lipinski definition) is 4. The van der Waals surface area contributed by atoms with E-state index in [1.165, 1.54) is 12.1 Å². The maximum Gasteiger partial charge on any atom is 0.255 e. The molecule has 1 aliphatic carbocycles. The molecule has 1 heterocycles. The minimum Gasteiger partial charge on any atom is -0.339 e. The summed E-state index contributed by atoms with van der Waals surface area (Å²) < 4.78 is 27.8. The standard InChI is InChI=1S/C22H22Cl2N2O4S/c23-18-13-19(24)20(31(29,30)25-16-6-7-16)12-17(18)22(28)26-10-8-15(9-11-26)21(27)14-4-2-1-3-5-14/h1-5,12-13,15-16,25H,6-11H2. The van der Waals surface area contributed by atoms with E-state index in [1.54, 1.807) is 17.0 Å². The summed E-state index contributed by atoms with van der Waals surface area (Å²) >= 11 is 12.4. The fraction of sp³-hybridized carbons (Fsp3) is 0.364. The Kier molecular flexibility index (Phi) is 6.40. The number of likely N-dealkylation sites (tertiary alicyclic amines) is 1. The molecule has 2 aromatic rings. The van der Waals surface area contributed by atoms with Crippen LogP contribution < -0.4 is 4.72 Å². The number of nitrogens with one attached hydrogen (secondary N) is 1. The maximum absolute atomic E-state index is 13.1. The number of sulfonamides is 1. The molecule has 0 aromatic heterocycles. The molecule has 0 atom stereocenters. The van der Waals surface area contributed by atoms with Crippen molar-refractivity contribution in [3.05, 3.63) is 63.6 Å². The monoisotopic (exact) mass is 480 g/mol. The molecule has 164 valence electrons. The SMILES string of the molecule is O=C(c1ccccc1)C1CCN(C(=O)c2cc(S(=O)(=O)NC3CC3)c(Cl)cc2Cl)CC1. The number of carbonyl (C=O) groups is 2. The first-order valence-corrected chi connectivity index (χ1v) is 12.4. The molecule has 1 aliphatic heterocycles. The number of nitrogens with zero attached hydrogens (tertiary/aromatic N) is 1.